The number of benzene rings is 1. The fourth-order valence-corrected chi connectivity index (χ4v) is 2.23. The summed E-state index contributed by atoms with van der Waals surface area (Å²) < 4.78 is 4.94. The second kappa shape index (κ2) is 5.78. The number of carbonyl (C=O) groups excluding carboxylic acids is 2. The molecule has 0 saturated carbocycles. The van der Waals surface area contributed by atoms with Crippen molar-refractivity contribution in [3.8, 4) is 0 Å². The molecule has 1 saturated heterocycles. The van der Waals surface area contributed by atoms with Gasteiger partial charge in [-0.05, 0) is 12.5 Å². The minimum absolute atomic E-state index is 0.0431. The van der Waals surface area contributed by atoms with Crippen molar-refractivity contribution < 1.29 is 14.3 Å². The fraction of sp³-hybridized carbons (Fsp3) is 0.429. The molecule has 1 aliphatic heterocycles. The molecule has 0 aromatic heterocycles. The highest BCUT2D eigenvalue weighted by atomic mass is 16.5. The summed E-state index contributed by atoms with van der Waals surface area (Å²) in [7, 11) is 0. The van der Waals surface area contributed by atoms with Gasteiger partial charge in [-0.2, -0.15) is 0 Å². The van der Waals surface area contributed by atoms with Gasteiger partial charge in [0, 0.05) is 13.1 Å². The Labute approximate surface area is 106 Å². The standard InChI is InChI=1S/C14H17NO3/c1-2-18-14(17)12-9-15-8-11(13(12)16)10-6-4-3-5-7-10/h3-7,11-12,15H,2,8-9H2,1H3. The molecule has 2 unspecified atom stereocenters. The van der Waals surface area contributed by atoms with E-state index >= 15 is 0 Å². The highest BCUT2D eigenvalue weighted by Crippen LogP contribution is 2.23. The maximum atomic E-state index is 12.3. The Kier molecular flexibility index (Phi) is 4.10. The summed E-state index contributed by atoms with van der Waals surface area (Å²) in [5.74, 6) is -1.40. The second-order valence-electron chi connectivity index (χ2n) is 4.33. The van der Waals surface area contributed by atoms with E-state index in [2.05, 4.69) is 5.32 Å². The third-order valence-corrected chi connectivity index (χ3v) is 3.16. The van der Waals surface area contributed by atoms with Gasteiger partial charge in [-0.25, -0.2) is 0 Å². The van der Waals surface area contributed by atoms with Gasteiger partial charge in [-0.1, -0.05) is 30.3 Å². The minimum Gasteiger partial charge on any atom is -0.465 e. The Balaban J connectivity index is 2.15. The normalized spacial score (nSPS) is 23.7. The van der Waals surface area contributed by atoms with Crippen molar-refractivity contribution in [1.82, 2.24) is 5.32 Å². The summed E-state index contributed by atoms with van der Waals surface area (Å²) in [6.07, 6.45) is 0. The number of hydrogen-bond donors (Lipinski definition) is 1. The van der Waals surface area contributed by atoms with Crippen molar-refractivity contribution in [1.29, 1.82) is 0 Å². The molecule has 4 heteroatoms. The SMILES string of the molecule is CCOC(=O)C1CNCC(c2ccccc2)C1=O. The molecule has 4 nitrogen and oxygen atoms in total. The van der Waals surface area contributed by atoms with Crippen LogP contribution in [0.3, 0.4) is 0 Å². The number of carbonyl (C=O) groups is 2. The largest absolute Gasteiger partial charge is 0.465 e. The lowest BCUT2D eigenvalue weighted by Crippen LogP contribution is -2.46. The lowest BCUT2D eigenvalue weighted by Gasteiger charge is -2.27. The lowest BCUT2D eigenvalue weighted by atomic mass is 9.84. The Hall–Kier alpha value is -1.68. The van der Waals surface area contributed by atoms with Crippen molar-refractivity contribution >= 4 is 11.8 Å². The summed E-state index contributed by atoms with van der Waals surface area (Å²) in [5.41, 5.74) is 0.948. The van der Waals surface area contributed by atoms with Gasteiger partial charge < -0.3 is 10.1 Å². The van der Waals surface area contributed by atoms with Gasteiger partial charge in [0.2, 0.25) is 0 Å². The molecule has 2 rings (SSSR count). The number of nitrogens with one attached hydrogen (secondary N) is 1. The summed E-state index contributed by atoms with van der Waals surface area (Å²) in [6.45, 7) is 3.01. The van der Waals surface area contributed by atoms with E-state index < -0.39 is 11.9 Å². The van der Waals surface area contributed by atoms with Crippen LogP contribution in [0.2, 0.25) is 0 Å². The number of rotatable bonds is 3. The van der Waals surface area contributed by atoms with Gasteiger partial charge in [0.1, 0.15) is 5.92 Å². The van der Waals surface area contributed by atoms with E-state index in [1.807, 2.05) is 30.3 Å². The summed E-state index contributed by atoms with van der Waals surface area (Å²) in [6, 6.07) is 9.54. The number of esters is 1. The Morgan fingerprint density at radius 3 is 2.72 bits per heavy atom. The predicted octanol–water partition coefficient (Wildman–Crippen LogP) is 1.12. The molecule has 1 aromatic rings. The maximum absolute atomic E-state index is 12.3. The third-order valence-electron chi connectivity index (χ3n) is 3.16. The average molecular weight is 247 g/mol. The number of Topliss-reactive ketones (excluding diaryl/α,β-unsaturated/α-hetero) is 1. The van der Waals surface area contributed by atoms with Crippen molar-refractivity contribution in [3.63, 3.8) is 0 Å². The van der Waals surface area contributed by atoms with Crippen LogP contribution < -0.4 is 5.32 Å². The first-order valence-electron chi connectivity index (χ1n) is 6.20. The van der Waals surface area contributed by atoms with E-state index in [4.69, 9.17) is 4.74 Å². The van der Waals surface area contributed by atoms with Crippen LogP contribution in [0.15, 0.2) is 30.3 Å². The van der Waals surface area contributed by atoms with Crippen LogP contribution >= 0.6 is 0 Å². The van der Waals surface area contributed by atoms with E-state index in [-0.39, 0.29) is 11.7 Å². The highest BCUT2D eigenvalue weighted by molar-refractivity contribution is 6.03. The van der Waals surface area contributed by atoms with Gasteiger partial charge in [0.15, 0.2) is 5.78 Å². The molecule has 0 radical (unpaired) electrons. The van der Waals surface area contributed by atoms with Gasteiger partial charge in [0.25, 0.3) is 0 Å². The maximum Gasteiger partial charge on any atom is 0.317 e. The second-order valence-corrected chi connectivity index (χ2v) is 4.33. The molecule has 1 aliphatic rings. The average Bonchev–Trinajstić information content (AvgIpc) is 2.40. The van der Waals surface area contributed by atoms with Crippen molar-refractivity contribution in [2.45, 2.75) is 12.8 Å². The van der Waals surface area contributed by atoms with Crippen LogP contribution in [0.1, 0.15) is 18.4 Å². The highest BCUT2D eigenvalue weighted by Gasteiger charge is 2.37. The molecule has 0 amide bonds. The van der Waals surface area contributed by atoms with Crippen LogP contribution in [0.4, 0.5) is 0 Å². The van der Waals surface area contributed by atoms with Gasteiger partial charge in [0.05, 0.1) is 12.5 Å². The predicted molar refractivity (Wildman–Crippen MR) is 67.2 cm³/mol. The van der Waals surface area contributed by atoms with Crippen molar-refractivity contribution in [3.05, 3.63) is 35.9 Å². The van der Waals surface area contributed by atoms with Crippen LogP contribution in [0.5, 0.6) is 0 Å². The van der Waals surface area contributed by atoms with Crippen molar-refractivity contribution in [2.24, 2.45) is 5.92 Å². The number of ketones is 1. The Bertz CT molecular complexity index is 430. The zero-order chi connectivity index (χ0) is 13.0. The molecule has 18 heavy (non-hydrogen) atoms. The first-order valence-corrected chi connectivity index (χ1v) is 6.20. The molecule has 1 N–H and O–H groups in total. The zero-order valence-corrected chi connectivity index (χ0v) is 10.4. The quantitative estimate of drug-likeness (QED) is 0.642. The molecule has 1 fully saturated rings. The molecule has 2 atom stereocenters. The molecule has 96 valence electrons. The molecular formula is C14H17NO3. The summed E-state index contributed by atoms with van der Waals surface area (Å²) in [5, 5.41) is 3.13. The van der Waals surface area contributed by atoms with E-state index in [0.29, 0.717) is 19.7 Å². The first-order chi connectivity index (χ1) is 8.74. The number of ether oxygens (including phenoxy) is 1. The van der Waals surface area contributed by atoms with E-state index in [0.717, 1.165) is 5.56 Å². The van der Waals surface area contributed by atoms with E-state index in [1.165, 1.54) is 0 Å². The monoisotopic (exact) mass is 247 g/mol. The molecular weight excluding hydrogens is 230 g/mol. The summed E-state index contributed by atoms with van der Waals surface area (Å²) >= 11 is 0. The first kappa shape index (κ1) is 12.8. The Morgan fingerprint density at radius 2 is 2.06 bits per heavy atom. The topological polar surface area (TPSA) is 55.4 Å². The molecule has 0 bridgehead atoms. The lowest BCUT2D eigenvalue weighted by molar-refractivity contribution is -0.152. The van der Waals surface area contributed by atoms with Crippen molar-refractivity contribution in [2.75, 3.05) is 19.7 Å². The van der Waals surface area contributed by atoms with E-state index in [1.54, 1.807) is 6.92 Å². The number of hydrogen-bond acceptors (Lipinski definition) is 4. The minimum atomic E-state index is -0.677. The van der Waals surface area contributed by atoms with Gasteiger partial charge >= 0.3 is 5.97 Å². The third kappa shape index (κ3) is 2.59. The van der Waals surface area contributed by atoms with E-state index in [9.17, 15) is 9.59 Å². The molecule has 1 heterocycles. The fourth-order valence-electron chi connectivity index (χ4n) is 2.23. The Morgan fingerprint density at radius 1 is 1.33 bits per heavy atom. The van der Waals surface area contributed by atoms with Crippen LogP contribution in [-0.4, -0.2) is 31.4 Å². The smallest absolute Gasteiger partial charge is 0.317 e. The van der Waals surface area contributed by atoms with Gasteiger partial charge in [-0.15, -0.1) is 0 Å². The van der Waals surface area contributed by atoms with Crippen LogP contribution in [-0.2, 0) is 14.3 Å². The zero-order valence-electron chi connectivity index (χ0n) is 10.4. The molecule has 0 spiro atoms. The van der Waals surface area contributed by atoms with Gasteiger partial charge in [-0.3, -0.25) is 9.59 Å². The van der Waals surface area contributed by atoms with Crippen LogP contribution in [0, 0.1) is 5.92 Å². The number of piperidine rings is 1. The molecule has 1 aromatic carbocycles. The van der Waals surface area contributed by atoms with Crippen LogP contribution in [0.25, 0.3) is 0 Å². The molecule has 0 aliphatic carbocycles. The summed E-state index contributed by atoms with van der Waals surface area (Å²) in [4.78, 5) is 24.0.